The monoisotopic (exact) mass is 400 g/mol. The largest absolute Gasteiger partial charge is 0.481 e. The summed E-state index contributed by atoms with van der Waals surface area (Å²) in [5.41, 5.74) is 0.736. The second-order valence-electron chi connectivity index (χ2n) is 5.07. The minimum atomic E-state index is -0.954. The molecule has 0 fully saturated rings. The fourth-order valence-electron chi connectivity index (χ4n) is 2.00. The van der Waals surface area contributed by atoms with Crippen molar-refractivity contribution >= 4 is 63.0 Å². The number of thiophene rings is 1. The van der Waals surface area contributed by atoms with Gasteiger partial charge in [-0.05, 0) is 36.1 Å². The summed E-state index contributed by atoms with van der Waals surface area (Å²) in [7, 11) is 0. The Balaban J connectivity index is 2.01. The molecule has 0 bridgehead atoms. The first-order valence-electron chi connectivity index (χ1n) is 7.21. The minimum absolute atomic E-state index is 0.0646. The lowest BCUT2D eigenvalue weighted by molar-refractivity contribution is -0.137. The van der Waals surface area contributed by atoms with Crippen LogP contribution in [0.2, 0.25) is 10.0 Å². The molecule has 0 spiro atoms. The van der Waals surface area contributed by atoms with Crippen LogP contribution in [-0.4, -0.2) is 22.9 Å². The number of hydrogen-bond acceptors (Lipinski definition) is 4. The molecule has 2 aromatic rings. The van der Waals surface area contributed by atoms with Crippen LogP contribution in [0.25, 0.3) is 0 Å². The standard InChI is InChI=1S/C16H14Cl2N2O4S/c17-9-6-10(18)8-11(7-9)19-15(24)12-4-5-25-16(12)20-13(21)2-1-3-14(22)23/h4-8H,1-3H2,(H,19,24)(H,20,21)(H,22,23). The summed E-state index contributed by atoms with van der Waals surface area (Å²) in [6.45, 7) is 0. The number of hydrogen-bond donors (Lipinski definition) is 3. The first kappa shape index (κ1) is 19.2. The number of carboxylic acid groups (broad SMARTS) is 1. The molecule has 2 rings (SSSR count). The van der Waals surface area contributed by atoms with E-state index in [0.29, 0.717) is 26.3 Å². The number of amides is 2. The van der Waals surface area contributed by atoms with Crippen LogP contribution in [0.5, 0.6) is 0 Å². The van der Waals surface area contributed by atoms with Crippen LogP contribution in [-0.2, 0) is 9.59 Å². The molecule has 132 valence electrons. The lowest BCUT2D eigenvalue weighted by atomic mass is 10.2. The van der Waals surface area contributed by atoms with Gasteiger partial charge in [-0.15, -0.1) is 11.3 Å². The summed E-state index contributed by atoms with van der Waals surface area (Å²) in [6, 6.07) is 6.24. The van der Waals surface area contributed by atoms with Crippen molar-refractivity contribution in [1.29, 1.82) is 0 Å². The third-order valence-electron chi connectivity index (χ3n) is 3.08. The molecule has 0 aliphatic heterocycles. The van der Waals surface area contributed by atoms with E-state index in [1.807, 2.05) is 0 Å². The van der Waals surface area contributed by atoms with Gasteiger partial charge in [0.2, 0.25) is 5.91 Å². The number of aliphatic carboxylic acids is 1. The molecular weight excluding hydrogens is 387 g/mol. The molecule has 2 amide bonds. The number of anilines is 2. The van der Waals surface area contributed by atoms with Gasteiger partial charge in [0.05, 0.1) is 5.56 Å². The van der Waals surface area contributed by atoms with E-state index in [1.165, 1.54) is 11.3 Å². The molecule has 3 N–H and O–H groups in total. The third kappa shape index (κ3) is 6.04. The van der Waals surface area contributed by atoms with Gasteiger partial charge in [0, 0.05) is 28.6 Å². The first-order chi connectivity index (χ1) is 11.8. The van der Waals surface area contributed by atoms with Crippen molar-refractivity contribution in [3.05, 3.63) is 45.3 Å². The zero-order chi connectivity index (χ0) is 18.4. The van der Waals surface area contributed by atoms with Gasteiger partial charge in [0.25, 0.3) is 5.91 Å². The smallest absolute Gasteiger partial charge is 0.303 e. The molecule has 1 heterocycles. The number of carbonyl (C=O) groups excluding carboxylic acids is 2. The Morgan fingerprint density at radius 3 is 2.36 bits per heavy atom. The zero-order valence-corrected chi connectivity index (χ0v) is 15.2. The highest BCUT2D eigenvalue weighted by Gasteiger charge is 2.16. The van der Waals surface area contributed by atoms with Crippen molar-refractivity contribution in [2.45, 2.75) is 19.3 Å². The van der Waals surface area contributed by atoms with Gasteiger partial charge in [-0.3, -0.25) is 14.4 Å². The van der Waals surface area contributed by atoms with Crippen LogP contribution in [0.1, 0.15) is 29.6 Å². The van der Waals surface area contributed by atoms with Gasteiger partial charge in [0.1, 0.15) is 5.00 Å². The van der Waals surface area contributed by atoms with Crippen molar-refractivity contribution in [3.8, 4) is 0 Å². The number of halogens is 2. The average Bonchev–Trinajstić information content (AvgIpc) is 2.93. The van der Waals surface area contributed by atoms with E-state index in [0.717, 1.165) is 0 Å². The fraction of sp³-hybridized carbons (Fsp3) is 0.188. The number of carbonyl (C=O) groups is 3. The Morgan fingerprint density at radius 1 is 1.04 bits per heavy atom. The van der Waals surface area contributed by atoms with Crippen molar-refractivity contribution in [2.75, 3.05) is 10.6 Å². The maximum atomic E-state index is 12.4. The number of benzene rings is 1. The van der Waals surface area contributed by atoms with Gasteiger partial charge in [0.15, 0.2) is 0 Å². The molecular formula is C16H14Cl2N2O4S. The molecule has 0 radical (unpaired) electrons. The van der Waals surface area contributed by atoms with E-state index >= 15 is 0 Å². The predicted molar refractivity (Wildman–Crippen MR) is 98.9 cm³/mol. The Kier molecular flexibility index (Phi) is 6.81. The summed E-state index contributed by atoms with van der Waals surface area (Å²) in [5, 5.41) is 16.7. The topological polar surface area (TPSA) is 95.5 Å². The molecule has 1 aromatic heterocycles. The molecule has 0 aliphatic rings. The fourth-order valence-corrected chi connectivity index (χ4v) is 3.33. The molecule has 6 nitrogen and oxygen atoms in total. The molecule has 25 heavy (non-hydrogen) atoms. The van der Waals surface area contributed by atoms with E-state index in [1.54, 1.807) is 29.6 Å². The van der Waals surface area contributed by atoms with Crippen molar-refractivity contribution in [3.63, 3.8) is 0 Å². The third-order valence-corrected chi connectivity index (χ3v) is 4.34. The lowest BCUT2D eigenvalue weighted by Gasteiger charge is -2.08. The molecule has 0 atom stereocenters. The van der Waals surface area contributed by atoms with Crippen LogP contribution in [0.3, 0.4) is 0 Å². The van der Waals surface area contributed by atoms with E-state index in [2.05, 4.69) is 10.6 Å². The van der Waals surface area contributed by atoms with Crippen molar-refractivity contribution in [2.24, 2.45) is 0 Å². The van der Waals surface area contributed by atoms with E-state index in [4.69, 9.17) is 28.3 Å². The van der Waals surface area contributed by atoms with E-state index in [-0.39, 0.29) is 25.2 Å². The molecule has 0 saturated heterocycles. The highest BCUT2D eigenvalue weighted by Crippen LogP contribution is 2.27. The lowest BCUT2D eigenvalue weighted by Crippen LogP contribution is -2.16. The van der Waals surface area contributed by atoms with Crippen molar-refractivity contribution in [1.82, 2.24) is 0 Å². The highest BCUT2D eigenvalue weighted by molar-refractivity contribution is 7.14. The maximum Gasteiger partial charge on any atom is 0.303 e. The quantitative estimate of drug-likeness (QED) is 0.637. The first-order valence-corrected chi connectivity index (χ1v) is 8.85. The number of nitrogens with one attached hydrogen (secondary N) is 2. The Labute approximate surface area is 157 Å². The molecule has 1 aromatic carbocycles. The van der Waals surface area contributed by atoms with Crippen LogP contribution in [0.4, 0.5) is 10.7 Å². The molecule has 0 unspecified atom stereocenters. The predicted octanol–water partition coefficient (Wildman–Crippen LogP) is 4.50. The summed E-state index contributed by atoms with van der Waals surface area (Å²) < 4.78 is 0. The second kappa shape index (κ2) is 8.84. The van der Waals surface area contributed by atoms with Gasteiger partial charge in [-0.25, -0.2) is 0 Å². The second-order valence-corrected chi connectivity index (χ2v) is 6.86. The van der Waals surface area contributed by atoms with Crippen molar-refractivity contribution < 1.29 is 19.5 Å². The maximum absolute atomic E-state index is 12.4. The number of rotatable bonds is 7. The summed E-state index contributed by atoms with van der Waals surface area (Å²) in [5.74, 6) is -1.71. The summed E-state index contributed by atoms with van der Waals surface area (Å²) >= 11 is 13.0. The van der Waals surface area contributed by atoms with Gasteiger partial charge in [-0.2, -0.15) is 0 Å². The van der Waals surface area contributed by atoms with Gasteiger partial charge < -0.3 is 15.7 Å². The van der Waals surface area contributed by atoms with Crippen LogP contribution < -0.4 is 10.6 Å². The van der Waals surface area contributed by atoms with E-state index in [9.17, 15) is 14.4 Å². The summed E-state index contributed by atoms with van der Waals surface area (Å²) in [6.07, 6.45) is 0.213. The zero-order valence-electron chi connectivity index (χ0n) is 12.8. The molecule has 9 heteroatoms. The minimum Gasteiger partial charge on any atom is -0.481 e. The number of carboxylic acids is 1. The van der Waals surface area contributed by atoms with Crippen LogP contribution in [0, 0.1) is 0 Å². The van der Waals surface area contributed by atoms with Gasteiger partial charge >= 0.3 is 5.97 Å². The Hall–Kier alpha value is -2.09. The Morgan fingerprint density at radius 2 is 1.72 bits per heavy atom. The van der Waals surface area contributed by atoms with Gasteiger partial charge in [-0.1, -0.05) is 23.2 Å². The Bertz CT molecular complexity index is 787. The SMILES string of the molecule is O=C(O)CCCC(=O)Nc1sccc1C(=O)Nc1cc(Cl)cc(Cl)c1. The van der Waals surface area contributed by atoms with Crippen LogP contribution >= 0.6 is 34.5 Å². The van der Waals surface area contributed by atoms with E-state index < -0.39 is 11.9 Å². The summed E-state index contributed by atoms with van der Waals surface area (Å²) in [4.78, 5) is 34.7. The molecule has 0 saturated carbocycles. The average molecular weight is 401 g/mol. The highest BCUT2D eigenvalue weighted by atomic mass is 35.5. The molecule has 0 aliphatic carbocycles. The van der Waals surface area contributed by atoms with Crippen LogP contribution in [0.15, 0.2) is 29.6 Å². The normalized spacial score (nSPS) is 10.3.